The molecule has 0 aliphatic rings. The second kappa shape index (κ2) is 4.25. The van der Waals surface area contributed by atoms with E-state index in [0.29, 0.717) is 0 Å². The first-order chi connectivity index (χ1) is 8.08. The molecule has 0 amide bonds. The number of hydrogen-bond acceptors (Lipinski definition) is 4. The summed E-state index contributed by atoms with van der Waals surface area (Å²) < 4.78 is 31.3. The van der Waals surface area contributed by atoms with Crippen LogP contribution in [0.25, 0.3) is 0 Å². The van der Waals surface area contributed by atoms with Gasteiger partial charge in [-0.2, -0.15) is 9.37 Å². The summed E-state index contributed by atoms with van der Waals surface area (Å²) in [5, 5.41) is 0. The molecular weight excluding hydrogens is 228 g/mol. The van der Waals surface area contributed by atoms with Gasteiger partial charge in [0.1, 0.15) is 0 Å². The summed E-state index contributed by atoms with van der Waals surface area (Å²) in [6, 6.07) is 6.49. The number of aromatic nitrogens is 1. The molecule has 0 saturated heterocycles. The van der Waals surface area contributed by atoms with E-state index >= 15 is 0 Å². The van der Waals surface area contributed by atoms with E-state index < -0.39 is 11.6 Å². The highest BCUT2D eigenvalue weighted by Gasteiger charge is 2.10. The molecule has 17 heavy (non-hydrogen) atoms. The number of rotatable bonds is 2. The smallest absolute Gasteiger partial charge is 0.221 e. The van der Waals surface area contributed by atoms with Crippen molar-refractivity contribution >= 4 is 11.5 Å². The maximum atomic E-state index is 13.3. The maximum absolute atomic E-state index is 13.3. The number of pyridine rings is 1. The lowest BCUT2D eigenvalue weighted by molar-refractivity contribution is 0.406. The molecule has 0 spiro atoms. The zero-order valence-electron chi connectivity index (χ0n) is 8.65. The van der Waals surface area contributed by atoms with Crippen molar-refractivity contribution in [1.29, 1.82) is 0 Å². The highest BCUT2D eigenvalue weighted by atomic mass is 19.2. The molecule has 2 aromatic rings. The quantitative estimate of drug-likeness (QED) is 0.840. The molecule has 4 nitrogen and oxygen atoms in total. The molecule has 1 heterocycles. The Bertz CT molecular complexity index is 560. The van der Waals surface area contributed by atoms with E-state index in [-0.39, 0.29) is 23.1 Å². The Balaban J connectivity index is 2.31. The van der Waals surface area contributed by atoms with E-state index in [1.165, 1.54) is 24.3 Å². The summed E-state index contributed by atoms with van der Waals surface area (Å²) in [6.45, 7) is 0. The van der Waals surface area contributed by atoms with Crippen LogP contribution < -0.4 is 16.2 Å². The topological polar surface area (TPSA) is 74.2 Å². The standard InChI is InChI=1S/C11H9F2N3O/c12-6-2-1-3-8(10(6)13)17-9-5-4-7(14)11(15)16-9/h1-5H,14H2,(H2,15,16). The van der Waals surface area contributed by atoms with Gasteiger partial charge in [0.25, 0.3) is 0 Å². The van der Waals surface area contributed by atoms with E-state index in [0.717, 1.165) is 6.07 Å². The van der Waals surface area contributed by atoms with Crippen LogP contribution in [0.4, 0.5) is 20.3 Å². The molecule has 1 aromatic carbocycles. The first kappa shape index (κ1) is 11.1. The third kappa shape index (κ3) is 2.25. The van der Waals surface area contributed by atoms with Crippen molar-refractivity contribution in [3.05, 3.63) is 42.0 Å². The number of nitrogens with zero attached hydrogens (tertiary/aromatic N) is 1. The average molecular weight is 237 g/mol. The van der Waals surface area contributed by atoms with Gasteiger partial charge in [0.2, 0.25) is 11.7 Å². The summed E-state index contributed by atoms with van der Waals surface area (Å²) in [5.74, 6) is -2.22. The number of benzene rings is 1. The largest absolute Gasteiger partial charge is 0.436 e. The van der Waals surface area contributed by atoms with Crippen molar-refractivity contribution in [2.45, 2.75) is 0 Å². The minimum atomic E-state index is -1.08. The van der Waals surface area contributed by atoms with Gasteiger partial charge in [0, 0.05) is 6.07 Å². The summed E-state index contributed by atoms with van der Waals surface area (Å²) in [6.07, 6.45) is 0. The van der Waals surface area contributed by atoms with Crippen molar-refractivity contribution in [1.82, 2.24) is 4.98 Å². The number of anilines is 2. The fourth-order valence-corrected chi connectivity index (χ4v) is 1.20. The predicted molar refractivity (Wildman–Crippen MR) is 59.5 cm³/mol. The van der Waals surface area contributed by atoms with E-state index in [1.54, 1.807) is 0 Å². The fourth-order valence-electron chi connectivity index (χ4n) is 1.20. The van der Waals surface area contributed by atoms with Crippen molar-refractivity contribution in [2.24, 2.45) is 0 Å². The minimum absolute atomic E-state index is 0.0428. The molecule has 0 bridgehead atoms. The second-order valence-electron chi connectivity index (χ2n) is 3.28. The number of hydrogen-bond donors (Lipinski definition) is 2. The lowest BCUT2D eigenvalue weighted by Crippen LogP contribution is -1.99. The summed E-state index contributed by atoms with van der Waals surface area (Å²) in [4.78, 5) is 3.78. The van der Waals surface area contributed by atoms with Gasteiger partial charge in [-0.15, -0.1) is 0 Å². The molecule has 0 atom stereocenters. The monoisotopic (exact) mass is 237 g/mol. The Morgan fingerprint density at radius 3 is 2.53 bits per heavy atom. The molecule has 0 unspecified atom stereocenters. The van der Waals surface area contributed by atoms with Gasteiger partial charge in [-0.05, 0) is 18.2 Å². The zero-order chi connectivity index (χ0) is 12.4. The van der Waals surface area contributed by atoms with Crippen LogP contribution in [0.2, 0.25) is 0 Å². The Labute approximate surface area is 95.8 Å². The molecular formula is C11H9F2N3O. The molecule has 88 valence electrons. The van der Waals surface area contributed by atoms with E-state index in [2.05, 4.69) is 4.98 Å². The molecule has 2 rings (SSSR count). The van der Waals surface area contributed by atoms with Crippen LogP contribution in [-0.2, 0) is 0 Å². The number of nitrogen functional groups attached to an aromatic ring is 2. The van der Waals surface area contributed by atoms with Gasteiger partial charge in [-0.25, -0.2) is 4.39 Å². The van der Waals surface area contributed by atoms with E-state index in [1.807, 2.05) is 0 Å². The van der Waals surface area contributed by atoms with E-state index in [4.69, 9.17) is 16.2 Å². The van der Waals surface area contributed by atoms with Crippen molar-refractivity contribution in [2.75, 3.05) is 11.5 Å². The highest BCUT2D eigenvalue weighted by Crippen LogP contribution is 2.26. The molecule has 0 fully saturated rings. The number of halogens is 2. The van der Waals surface area contributed by atoms with Gasteiger partial charge < -0.3 is 16.2 Å². The predicted octanol–water partition coefficient (Wildman–Crippen LogP) is 2.32. The summed E-state index contributed by atoms with van der Waals surface area (Å²) in [7, 11) is 0. The first-order valence-electron chi connectivity index (χ1n) is 4.72. The van der Waals surface area contributed by atoms with Gasteiger partial charge in [-0.3, -0.25) is 0 Å². The van der Waals surface area contributed by atoms with Gasteiger partial charge >= 0.3 is 0 Å². The molecule has 6 heteroatoms. The van der Waals surface area contributed by atoms with Gasteiger partial charge in [-0.1, -0.05) is 6.07 Å². The Morgan fingerprint density at radius 2 is 1.82 bits per heavy atom. The van der Waals surface area contributed by atoms with Crippen LogP contribution in [0, 0.1) is 11.6 Å². The maximum Gasteiger partial charge on any atom is 0.221 e. The third-order valence-corrected chi connectivity index (χ3v) is 2.06. The van der Waals surface area contributed by atoms with E-state index in [9.17, 15) is 8.78 Å². The lowest BCUT2D eigenvalue weighted by Gasteiger charge is -2.07. The van der Waals surface area contributed by atoms with Crippen LogP contribution in [0.15, 0.2) is 30.3 Å². The van der Waals surface area contributed by atoms with Crippen LogP contribution in [0.5, 0.6) is 11.6 Å². The SMILES string of the molecule is Nc1ccc(Oc2cccc(F)c2F)nc1N. The third-order valence-electron chi connectivity index (χ3n) is 2.06. The molecule has 0 aliphatic heterocycles. The normalized spacial score (nSPS) is 10.2. The van der Waals surface area contributed by atoms with Crippen molar-refractivity contribution in [3.63, 3.8) is 0 Å². The van der Waals surface area contributed by atoms with Crippen molar-refractivity contribution < 1.29 is 13.5 Å². The molecule has 0 aliphatic carbocycles. The molecule has 4 N–H and O–H groups in total. The summed E-state index contributed by atoms with van der Waals surface area (Å²) >= 11 is 0. The Hall–Kier alpha value is -2.37. The number of nitrogens with two attached hydrogens (primary N) is 2. The highest BCUT2D eigenvalue weighted by molar-refractivity contribution is 5.58. The van der Waals surface area contributed by atoms with Crippen LogP contribution in [-0.4, -0.2) is 4.98 Å². The molecule has 1 aromatic heterocycles. The summed E-state index contributed by atoms with van der Waals surface area (Å²) in [5.41, 5.74) is 11.2. The average Bonchev–Trinajstić information content (AvgIpc) is 2.30. The second-order valence-corrected chi connectivity index (χ2v) is 3.28. The van der Waals surface area contributed by atoms with Crippen LogP contribution in [0.3, 0.4) is 0 Å². The minimum Gasteiger partial charge on any atom is -0.436 e. The van der Waals surface area contributed by atoms with Gasteiger partial charge in [0.05, 0.1) is 5.69 Å². The van der Waals surface area contributed by atoms with Crippen molar-refractivity contribution in [3.8, 4) is 11.6 Å². The Kier molecular flexibility index (Phi) is 2.78. The van der Waals surface area contributed by atoms with Crippen LogP contribution in [0.1, 0.15) is 0 Å². The fraction of sp³-hybridized carbons (Fsp3) is 0. The Morgan fingerprint density at radius 1 is 1.06 bits per heavy atom. The molecule has 0 radical (unpaired) electrons. The van der Waals surface area contributed by atoms with Gasteiger partial charge in [0.15, 0.2) is 17.4 Å². The lowest BCUT2D eigenvalue weighted by atomic mass is 10.3. The zero-order valence-corrected chi connectivity index (χ0v) is 8.65. The first-order valence-corrected chi connectivity index (χ1v) is 4.72. The molecule has 0 saturated carbocycles. The van der Waals surface area contributed by atoms with Crippen LogP contribution >= 0.6 is 0 Å². The number of ether oxygens (including phenoxy) is 1.